The summed E-state index contributed by atoms with van der Waals surface area (Å²) in [5.41, 5.74) is 2.85. The number of piperazine rings is 1. The van der Waals surface area contributed by atoms with Crippen LogP contribution >= 0.6 is 0 Å². The number of rotatable bonds is 10. The van der Waals surface area contributed by atoms with Crippen molar-refractivity contribution in [1.82, 2.24) is 24.7 Å². The number of hydrogen-bond acceptors (Lipinski definition) is 5. The molecule has 188 valence electrons. The van der Waals surface area contributed by atoms with Gasteiger partial charge in [-0.1, -0.05) is 74.0 Å². The van der Waals surface area contributed by atoms with E-state index in [2.05, 4.69) is 70.3 Å². The first kappa shape index (κ1) is 25.5. The van der Waals surface area contributed by atoms with Gasteiger partial charge in [0.25, 0.3) is 5.91 Å². The molecule has 7 heteroatoms. The molecule has 36 heavy (non-hydrogen) atoms. The quantitative estimate of drug-likeness (QED) is 0.434. The highest BCUT2D eigenvalue weighted by Gasteiger charge is 2.28. The molecular weight excluding hydrogens is 450 g/mol. The SMILES string of the molecule is CCCCN(CCC(=O)N1CCN(C(c2ccccc2)c2ccccc2)CC1)C(=O)c1cnccn1. The molecule has 7 nitrogen and oxygen atoms in total. The minimum Gasteiger partial charge on any atom is -0.340 e. The number of carbonyl (C=O) groups is 2. The molecule has 2 aromatic carbocycles. The molecule has 0 radical (unpaired) electrons. The summed E-state index contributed by atoms with van der Waals surface area (Å²) in [6, 6.07) is 21.3. The fourth-order valence-corrected chi connectivity index (χ4v) is 4.74. The van der Waals surface area contributed by atoms with Gasteiger partial charge in [-0.2, -0.15) is 0 Å². The molecule has 1 aliphatic heterocycles. The van der Waals surface area contributed by atoms with Crippen molar-refractivity contribution < 1.29 is 9.59 Å². The summed E-state index contributed by atoms with van der Waals surface area (Å²) in [7, 11) is 0. The van der Waals surface area contributed by atoms with Gasteiger partial charge in [0.2, 0.25) is 5.91 Å². The van der Waals surface area contributed by atoms with Crippen molar-refractivity contribution in [2.45, 2.75) is 32.2 Å². The van der Waals surface area contributed by atoms with E-state index in [9.17, 15) is 9.59 Å². The van der Waals surface area contributed by atoms with Crippen molar-refractivity contribution in [2.24, 2.45) is 0 Å². The van der Waals surface area contributed by atoms with Gasteiger partial charge >= 0.3 is 0 Å². The minimum absolute atomic E-state index is 0.0964. The predicted octanol–water partition coefficient (Wildman–Crippen LogP) is 4.04. The molecule has 0 atom stereocenters. The molecular formula is C29H35N5O2. The lowest BCUT2D eigenvalue weighted by atomic mass is 9.96. The maximum Gasteiger partial charge on any atom is 0.274 e. The van der Waals surface area contributed by atoms with Gasteiger partial charge in [-0.05, 0) is 17.5 Å². The Morgan fingerprint density at radius 3 is 2.08 bits per heavy atom. The smallest absolute Gasteiger partial charge is 0.274 e. The van der Waals surface area contributed by atoms with Crippen LogP contribution in [0.15, 0.2) is 79.3 Å². The molecule has 0 spiro atoms. The summed E-state index contributed by atoms with van der Waals surface area (Å²) in [5.74, 6) is -0.0678. The lowest BCUT2D eigenvalue weighted by Gasteiger charge is -2.40. The number of hydrogen-bond donors (Lipinski definition) is 0. The van der Waals surface area contributed by atoms with E-state index in [4.69, 9.17) is 0 Å². The van der Waals surface area contributed by atoms with Crippen molar-refractivity contribution in [3.8, 4) is 0 Å². The molecule has 2 amide bonds. The van der Waals surface area contributed by atoms with Crippen LogP contribution in [0.2, 0.25) is 0 Å². The second-order valence-corrected chi connectivity index (χ2v) is 9.13. The lowest BCUT2D eigenvalue weighted by molar-refractivity contribution is -0.133. The zero-order chi connectivity index (χ0) is 25.2. The van der Waals surface area contributed by atoms with Gasteiger partial charge in [0.05, 0.1) is 12.2 Å². The van der Waals surface area contributed by atoms with Crippen LogP contribution in [0, 0.1) is 0 Å². The van der Waals surface area contributed by atoms with Crippen LogP contribution < -0.4 is 0 Å². The summed E-state index contributed by atoms with van der Waals surface area (Å²) >= 11 is 0. The second kappa shape index (κ2) is 12.9. The number of aromatic nitrogens is 2. The largest absolute Gasteiger partial charge is 0.340 e. The Bertz CT molecular complexity index is 1050. The van der Waals surface area contributed by atoms with E-state index in [1.54, 1.807) is 11.1 Å². The highest BCUT2D eigenvalue weighted by molar-refractivity contribution is 5.92. The van der Waals surface area contributed by atoms with Crippen LogP contribution in [0.3, 0.4) is 0 Å². The summed E-state index contributed by atoms with van der Waals surface area (Å²) in [5, 5.41) is 0. The number of amides is 2. The Morgan fingerprint density at radius 2 is 1.53 bits per heavy atom. The Balaban J connectivity index is 1.36. The Kier molecular flexibility index (Phi) is 9.16. The van der Waals surface area contributed by atoms with Crippen molar-refractivity contribution >= 4 is 11.8 Å². The van der Waals surface area contributed by atoms with E-state index in [0.717, 1.165) is 25.9 Å². The second-order valence-electron chi connectivity index (χ2n) is 9.13. The summed E-state index contributed by atoms with van der Waals surface area (Å²) < 4.78 is 0. The zero-order valence-electron chi connectivity index (χ0n) is 21.0. The first-order valence-corrected chi connectivity index (χ1v) is 12.8. The highest BCUT2D eigenvalue weighted by atomic mass is 16.2. The number of carbonyl (C=O) groups excluding carboxylic acids is 2. The molecule has 3 aromatic rings. The van der Waals surface area contributed by atoms with E-state index in [1.807, 2.05) is 17.0 Å². The van der Waals surface area contributed by atoms with Crippen molar-refractivity contribution in [3.63, 3.8) is 0 Å². The number of benzene rings is 2. The van der Waals surface area contributed by atoms with Crippen LogP contribution in [0.1, 0.15) is 53.8 Å². The Morgan fingerprint density at radius 1 is 0.889 bits per heavy atom. The first-order valence-electron chi connectivity index (χ1n) is 12.8. The average Bonchev–Trinajstić information content (AvgIpc) is 2.95. The van der Waals surface area contributed by atoms with Crippen molar-refractivity contribution in [2.75, 3.05) is 39.3 Å². The maximum atomic E-state index is 13.1. The lowest BCUT2D eigenvalue weighted by Crippen LogP contribution is -2.50. The van der Waals surface area contributed by atoms with Crippen LogP contribution in [-0.4, -0.2) is 75.8 Å². The monoisotopic (exact) mass is 485 g/mol. The van der Waals surface area contributed by atoms with Crippen LogP contribution in [0.4, 0.5) is 0 Å². The maximum absolute atomic E-state index is 13.1. The topological polar surface area (TPSA) is 69.6 Å². The zero-order valence-corrected chi connectivity index (χ0v) is 21.0. The fraction of sp³-hybridized carbons (Fsp3) is 0.379. The molecule has 0 unspecified atom stereocenters. The molecule has 1 saturated heterocycles. The van der Waals surface area contributed by atoms with Crippen LogP contribution in [-0.2, 0) is 4.79 Å². The minimum atomic E-state index is -0.164. The van der Waals surface area contributed by atoms with Gasteiger partial charge in [-0.15, -0.1) is 0 Å². The number of nitrogens with zero attached hydrogens (tertiary/aromatic N) is 5. The molecule has 0 saturated carbocycles. The third-order valence-electron chi connectivity index (χ3n) is 6.71. The summed E-state index contributed by atoms with van der Waals surface area (Å²) in [6.07, 6.45) is 6.74. The van der Waals surface area contributed by atoms with Gasteiger partial charge in [0.15, 0.2) is 0 Å². The molecule has 0 N–H and O–H groups in total. The van der Waals surface area contributed by atoms with Crippen LogP contribution in [0.5, 0.6) is 0 Å². The van der Waals surface area contributed by atoms with Gasteiger partial charge in [-0.3, -0.25) is 19.5 Å². The van der Waals surface area contributed by atoms with Crippen molar-refractivity contribution in [3.05, 3.63) is 96.1 Å². The van der Waals surface area contributed by atoms with Crippen LogP contribution in [0.25, 0.3) is 0 Å². The Hall–Kier alpha value is -3.58. The average molecular weight is 486 g/mol. The Labute approximate surface area is 213 Å². The van der Waals surface area contributed by atoms with Gasteiger partial charge in [0.1, 0.15) is 5.69 Å². The molecule has 0 bridgehead atoms. The molecule has 1 fully saturated rings. The normalized spacial score (nSPS) is 14.1. The summed E-state index contributed by atoms with van der Waals surface area (Å²) in [4.78, 5) is 40.3. The fourth-order valence-electron chi connectivity index (χ4n) is 4.74. The van der Waals surface area contributed by atoms with Crippen molar-refractivity contribution in [1.29, 1.82) is 0 Å². The molecule has 1 aromatic heterocycles. The molecule has 2 heterocycles. The van der Waals surface area contributed by atoms with Gasteiger partial charge in [0, 0.05) is 58.1 Å². The molecule has 0 aliphatic carbocycles. The number of unbranched alkanes of at least 4 members (excludes halogenated alkanes) is 1. The summed E-state index contributed by atoms with van der Waals surface area (Å²) in [6.45, 7) is 6.07. The van der Waals surface area contributed by atoms with E-state index < -0.39 is 0 Å². The van der Waals surface area contributed by atoms with E-state index in [1.165, 1.54) is 23.5 Å². The van der Waals surface area contributed by atoms with Gasteiger partial charge < -0.3 is 9.80 Å². The molecule has 4 rings (SSSR count). The third-order valence-corrected chi connectivity index (χ3v) is 6.71. The van der Waals surface area contributed by atoms with E-state index in [0.29, 0.717) is 38.3 Å². The molecule has 1 aliphatic rings. The van der Waals surface area contributed by atoms with E-state index >= 15 is 0 Å². The predicted molar refractivity (Wildman–Crippen MR) is 140 cm³/mol. The third kappa shape index (κ3) is 6.55. The van der Waals surface area contributed by atoms with E-state index in [-0.39, 0.29) is 17.9 Å². The highest BCUT2D eigenvalue weighted by Crippen LogP contribution is 2.29. The first-order chi connectivity index (χ1) is 17.7. The standard InChI is InChI=1S/C29H35N5O2/c1-2-3-17-34(29(36)26-23-30-15-16-31-26)18-14-27(35)32-19-21-33(22-20-32)28(24-10-6-4-7-11-24)25-12-8-5-9-13-25/h4-13,15-16,23,28H,2-3,14,17-22H2,1H3. The van der Waals surface area contributed by atoms with Gasteiger partial charge in [-0.25, -0.2) is 4.98 Å².